The second-order valence-electron chi connectivity index (χ2n) is 5.25. The molecule has 0 N–H and O–H groups in total. The lowest BCUT2D eigenvalue weighted by Gasteiger charge is -2.20. The highest BCUT2D eigenvalue weighted by atomic mass is 16.5. The Hall–Kier alpha value is -2.82. The van der Waals surface area contributed by atoms with Gasteiger partial charge in [0.2, 0.25) is 11.8 Å². The van der Waals surface area contributed by atoms with E-state index in [2.05, 4.69) is 0 Å². The number of benzene rings is 2. The third kappa shape index (κ3) is 2.54. The summed E-state index contributed by atoms with van der Waals surface area (Å²) in [6.45, 7) is 0. The summed E-state index contributed by atoms with van der Waals surface area (Å²) in [5.74, 6) is -0.131. The van der Waals surface area contributed by atoms with Crippen molar-refractivity contribution in [1.82, 2.24) is 0 Å². The molecule has 0 saturated carbocycles. The Balaban J connectivity index is 2.05. The summed E-state index contributed by atoms with van der Waals surface area (Å²) in [5, 5.41) is 0. The smallest absolute Gasteiger partial charge is 0.242 e. The first-order valence-corrected chi connectivity index (χ1v) is 7.30. The number of ether oxygens (including phenoxy) is 2. The van der Waals surface area contributed by atoms with Gasteiger partial charge in [0.1, 0.15) is 17.2 Å². The number of anilines is 1. The summed E-state index contributed by atoms with van der Waals surface area (Å²) in [6, 6.07) is 14.5. The molecule has 3 rings (SSSR count). The quantitative estimate of drug-likeness (QED) is 0.815. The molecule has 118 valence electrons. The fraction of sp³-hybridized carbons (Fsp3) is 0.222. The maximum absolute atomic E-state index is 12.8. The highest BCUT2D eigenvalue weighted by Gasteiger charge is 2.42. The van der Waals surface area contributed by atoms with E-state index in [0.717, 1.165) is 5.56 Å². The van der Waals surface area contributed by atoms with Gasteiger partial charge in [-0.1, -0.05) is 36.4 Å². The number of para-hydroxylation sites is 1. The van der Waals surface area contributed by atoms with Gasteiger partial charge < -0.3 is 9.47 Å². The van der Waals surface area contributed by atoms with Crippen molar-refractivity contribution in [2.24, 2.45) is 0 Å². The average molecular weight is 311 g/mol. The molecule has 0 bridgehead atoms. The number of methoxy groups -OCH3 is 2. The van der Waals surface area contributed by atoms with Crippen molar-refractivity contribution < 1.29 is 19.1 Å². The predicted molar refractivity (Wildman–Crippen MR) is 85.8 cm³/mol. The molecule has 1 aliphatic heterocycles. The van der Waals surface area contributed by atoms with Crippen molar-refractivity contribution in [2.75, 3.05) is 19.1 Å². The first kappa shape index (κ1) is 15.1. The molecule has 1 saturated heterocycles. The molecule has 5 nitrogen and oxygen atoms in total. The summed E-state index contributed by atoms with van der Waals surface area (Å²) in [5.41, 5.74) is 1.20. The van der Waals surface area contributed by atoms with Crippen LogP contribution in [0.2, 0.25) is 0 Å². The summed E-state index contributed by atoms with van der Waals surface area (Å²) in [7, 11) is 3.00. The summed E-state index contributed by atoms with van der Waals surface area (Å²) in [4.78, 5) is 26.5. The predicted octanol–water partition coefficient (Wildman–Crippen LogP) is 2.75. The Labute approximate surface area is 134 Å². The molecule has 2 aromatic carbocycles. The summed E-state index contributed by atoms with van der Waals surface area (Å²) in [6.07, 6.45) is 0.143. The molecule has 0 radical (unpaired) electrons. The van der Waals surface area contributed by atoms with Crippen molar-refractivity contribution in [2.45, 2.75) is 12.3 Å². The highest BCUT2D eigenvalue weighted by Crippen LogP contribution is 2.42. The SMILES string of the molecule is COc1cccc(OC)c1N1C(=O)CC(c2ccccc2)C1=O. The third-order valence-electron chi connectivity index (χ3n) is 3.97. The number of carbonyl (C=O) groups excluding carboxylic acids is 2. The number of nitrogens with zero attached hydrogens (tertiary/aromatic N) is 1. The zero-order valence-electron chi connectivity index (χ0n) is 13.0. The van der Waals surface area contributed by atoms with Crippen LogP contribution in [0.25, 0.3) is 0 Å². The fourth-order valence-electron chi connectivity index (χ4n) is 2.86. The Bertz CT molecular complexity index is 720. The van der Waals surface area contributed by atoms with Gasteiger partial charge >= 0.3 is 0 Å². The minimum atomic E-state index is -0.474. The van der Waals surface area contributed by atoms with Gasteiger partial charge in [0.05, 0.1) is 20.1 Å². The lowest BCUT2D eigenvalue weighted by atomic mass is 9.98. The van der Waals surface area contributed by atoms with Gasteiger partial charge in [0.25, 0.3) is 0 Å². The largest absolute Gasteiger partial charge is 0.494 e. The number of imide groups is 1. The van der Waals surface area contributed by atoms with E-state index in [0.29, 0.717) is 17.2 Å². The van der Waals surface area contributed by atoms with E-state index >= 15 is 0 Å². The van der Waals surface area contributed by atoms with Crippen LogP contribution < -0.4 is 14.4 Å². The maximum Gasteiger partial charge on any atom is 0.242 e. The molecule has 0 aromatic heterocycles. The Morgan fingerprint density at radius 2 is 1.52 bits per heavy atom. The van der Waals surface area contributed by atoms with E-state index in [-0.39, 0.29) is 18.2 Å². The molecule has 2 aromatic rings. The van der Waals surface area contributed by atoms with Crippen LogP contribution in [-0.2, 0) is 9.59 Å². The van der Waals surface area contributed by atoms with Crippen LogP contribution in [0.15, 0.2) is 48.5 Å². The van der Waals surface area contributed by atoms with Crippen LogP contribution in [-0.4, -0.2) is 26.0 Å². The van der Waals surface area contributed by atoms with Crippen LogP contribution >= 0.6 is 0 Å². The van der Waals surface area contributed by atoms with Crippen LogP contribution in [0.4, 0.5) is 5.69 Å². The van der Waals surface area contributed by atoms with Gasteiger partial charge in [0.15, 0.2) is 0 Å². The third-order valence-corrected chi connectivity index (χ3v) is 3.97. The number of amides is 2. The molecule has 23 heavy (non-hydrogen) atoms. The van der Waals surface area contributed by atoms with Gasteiger partial charge in [-0.2, -0.15) is 0 Å². The minimum Gasteiger partial charge on any atom is -0.494 e. The van der Waals surface area contributed by atoms with Gasteiger partial charge in [-0.3, -0.25) is 9.59 Å². The van der Waals surface area contributed by atoms with Crippen molar-refractivity contribution in [3.8, 4) is 11.5 Å². The molecule has 1 aliphatic rings. The number of hydrogen-bond donors (Lipinski definition) is 0. The molecule has 0 spiro atoms. The number of rotatable bonds is 4. The highest BCUT2D eigenvalue weighted by molar-refractivity contribution is 6.24. The van der Waals surface area contributed by atoms with Crippen molar-refractivity contribution in [3.05, 3.63) is 54.1 Å². The normalized spacial score (nSPS) is 17.5. The van der Waals surface area contributed by atoms with Crippen LogP contribution in [0, 0.1) is 0 Å². The average Bonchev–Trinajstić information content (AvgIpc) is 2.89. The monoisotopic (exact) mass is 311 g/mol. The Morgan fingerprint density at radius 3 is 2.09 bits per heavy atom. The molecule has 5 heteroatoms. The number of carbonyl (C=O) groups is 2. The van der Waals surface area contributed by atoms with Crippen LogP contribution in [0.1, 0.15) is 17.9 Å². The standard InChI is InChI=1S/C18H17NO4/c1-22-14-9-6-10-15(23-2)17(14)19-16(20)11-13(18(19)21)12-7-4-3-5-8-12/h3-10,13H,11H2,1-2H3. The molecule has 1 heterocycles. The van der Waals surface area contributed by atoms with Crippen LogP contribution in [0.5, 0.6) is 11.5 Å². The molecular weight excluding hydrogens is 294 g/mol. The lowest BCUT2D eigenvalue weighted by Crippen LogP contribution is -2.30. The zero-order chi connectivity index (χ0) is 16.4. The van der Waals surface area contributed by atoms with E-state index in [1.807, 2.05) is 30.3 Å². The summed E-state index contributed by atoms with van der Waals surface area (Å²) >= 11 is 0. The second kappa shape index (κ2) is 6.12. The van der Waals surface area contributed by atoms with E-state index in [1.54, 1.807) is 18.2 Å². The summed E-state index contributed by atoms with van der Waals surface area (Å²) < 4.78 is 10.6. The Kier molecular flexibility index (Phi) is 4.02. The Morgan fingerprint density at radius 1 is 0.913 bits per heavy atom. The molecule has 1 atom stereocenters. The van der Waals surface area contributed by atoms with E-state index in [1.165, 1.54) is 19.1 Å². The molecular formula is C18H17NO4. The number of hydrogen-bond acceptors (Lipinski definition) is 4. The van der Waals surface area contributed by atoms with Gasteiger partial charge in [-0.25, -0.2) is 4.90 Å². The van der Waals surface area contributed by atoms with Gasteiger partial charge in [-0.15, -0.1) is 0 Å². The molecule has 0 aliphatic carbocycles. The maximum atomic E-state index is 12.8. The minimum absolute atomic E-state index is 0.143. The van der Waals surface area contributed by atoms with Crippen molar-refractivity contribution >= 4 is 17.5 Å². The lowest BCUT2D eigenvalue weighted by molar-refractivity contribution is -0.121. The fourth-order valence-corrected chi connectivity index (χ4v) is 2.86. The topological polar surface area (TPSA) is 55.8 Å². The van der Waals surface area contributed by atoms with Gasteiger partial charge in [-0.05, 0) is 17.7 Å². The zero-order valence-corrected chi connectivity index (χ0v) is 13.0. The first-order chi connectivity index (χ1) is 11.2. The van der Waals surface area contributed by atoms with Crippen molar-refractivity contribution in [3.63, 3.8) is 0 Å². The van der Waals surface area contributed by atoms with E-state index in [4.69, 9.17) is 9.47 Å². The van der Waals surface area contributed by atoms with E-state index < -0.39 is 5.92 Å². The van der Waals surface area contributed by atoms with E-state index in [9.17, 15) is 9.59 Å². The molecule has 1 fully saturated rings. The second-order valence-corrected chi connectivity index (χ2v) is 5.25. The molecule has 1 unspecified atom stereocenters. The van der Waals surface area contributed by atoms with Crippen LogP contribution in [0.3, 0.4) is 0 Å². The van der Waals surface area contributed by atoms with Gasteiger partial charge in [0, 0.05) is 6.42 Å². The first-order valence-electron chi connectivity index (χ1n) is 7.30. The molecule has 2 amide bonds. The van der Waals surface area contributed by atoms with Crippen molar-refractivity contribution in [1.29, 1.82) is 0 Å².